The Morgan fingerprint density at radius 3 is 2.48 bits per heavy atom. The molecule has 0 bridgehead atoms. The van der Waals surface area contributed by atoms with Gasteiger partial charge in [0.2, 0.25) is 5.91 Å². The molecule has 1 heterocycles. The van der Waals surface area contributed by atoms with Crippen molar-refractivity contribution in [2.24, 2.45) is 0 Å². The van der Waals surface area contributed by atoms with Crippen molar-refractivity contribution in [3.05, 3.63) is 29.6 Å². The molecule has 23 heavy (non-hydrogen) atoms. The highest BCUT2D eigenvalue weighted by Crippen LogP contribution is 2.23. The van der Waals surface area contributed by atoms with Crippen LogP contribution in [0.2, 0.25) is 0 Å². The number of hydrogen-bond donors (Lipinski definition) is 0. The Hall–Kier alpha value is -2.13. The van der Waals surface area contributed by atoms with E-state index < -0.39 is 5.82 Å². The molecule has 6 heteroatoms. The highest BCUT2D eigenvalue weighted by Gasteiger charge is 2.23. The molecule has 1 aliphatic heterocycles. The lowest BCUT2D eigenvalue weighted by Gasteiger charge is -2.36. The van der Waals surface area contributed by atoms with Gasteiger partial charge in [-0.3, -0.25) is 9.69 Å². The smallest absolute Gasteiger partial charge is 0.236 e. The van der Waals surface area contributed by atoms with E-state index in [0.717, 1.165) is 26.2 Å². The predicted molar refractivity (Wildman–Crippen MR) is 87.7 cm³/mol. The molecule has 5 nitrogen and oxygen atoms in total. The molecule has 1 fully saturated rings. The summed E-state index contributed by atoms with van der Waals surface area (Å²) in [6.07, 6.45) is 0. The Bertz CT molecular complexity index is 587. The van der Waals surface area contributed by atoms with Crippen LogP contribution in [-0.4, -0.2) is 61.5 Å². The SMILES string of the molecule is CCN(CC)C(=O)CN1CCN(c2cccc(F)c2C#N)CC1. The molecule has 0 radical (unpaired) electrons. The van der Waals surface area contributed by atoms with E-state index in [0.29, 0.717) is 25.3 Å². The summed E-state index contributed by atoms with van der Waals surface area (Å²) in [5.74, 6) is -0.337. The molecule has 0 aliphatic carbocycles. The molecular weight excluding hydrogens is 295 g/mol. The molecule has 0 unspecified atom stereocenters. The zero-order valence-corrected chi connectivity index (χ0v) is 13.8. The summed E-state index contributed by atoms with van der Waals surface area (Å²) in [7, 11) is 0. The minimum absolute atomic E-state index is 0.0974. The number of rotatable bonds is 5. The first-order valence-electron chi connectivity index (χ1n) is 8.04. The Morgan fingerprint density at radius 1 is 1.26 bits per heavy atom. The van der Waals surface area contributed by atoms with Crippen LogP contribution in [-0.2, 0) is 4.79 Å². The fourth-order valence-corrected chi connectivity index (χ4v) is 2.90. The first-order chi connectivity index (χ1) is 11.1. The fourth-order valence-electron chi connectivity index (χ4n) is 2.90. The number of piperazine rings is 1. The number of nitrogens with zero attached hydrogens (tertiary/aromatic N) is 4. The predicted octanol–water partition coefficient (Wildman–Crippen LogP) is 1.69. The summed E-state index contributed by atoms with van der Waals surface area (Å²) in [5.41, 5.74) is 0.738. The number of amides is 1. The van der Waals surface area contributed by atoms with Gasteiger partial charge in [-0.25, -0.2) is 4.39 Å². The maximum absolute atomic E-state index is 13.7. The van der Waals surface area contributed by atoms with Crippen LogP contribution in [0.4, 0.5) is 10.1 Å². The first-order valence-corrected chi connectivity index (χ1v) is 8.04. The van der Waals surface area contributed by atoms with Gasteiger partial charge < -0.3 is 9.80 Å². The second-order valence-electron chi connectivity index (χ2n) is 5.57. The molecule has 124 valence electrons. The zero-order valence-electron chi connectivity index (χ0n) is 13.8. The van der Waals surface area contributed by atoms with Crippen molar-refractivity contribution < 1.29 is 9.18 Å². The maximum Gasteiger partial charge on any atom is 0.236 e. The van der Waals surface area contributed by atoms with Gasteiger partial charge in [0.15, 0.2) is 0 Å². The fraction of sp³-hybridized carbons (Fsp3) is 0.529. The van der Waals surface area contributed by atoms with Crippen LogP contribution in [0.3, 0.4) is 0 Å². The van der Waals surface area contributed by atoms with Crippen LogP contribution < -0.4 is 4.90 Å². The van der Waals surface area contributed by atoms with Crippen molar-refractivity contribution in [1.82, 2.24) is 9.80 Å². The van der Waals surface area contributed by atoms with Crippen molar-refractivity contribution in [3.63, 3.8) is 0 Å². The Labute approximate surface area is 136 Å². The van der Waals surface area contributed by atoms with Crippen LogP contribution in [0.25, 0.3) is 0 Å². The minimum atomic E-state index is -0.482. The number of carbonyl (C=O) groups excluding carboxylic acids is 1. The number of benzene rings is 1. The van der Waals surface area contributed by atoms with E-state index in [4.69, 9.17) is 5.26 Å². The summed E-state index contributed by atoms with van der Waals surface area (Å²) in [5, 5.41) is 9.14. The number of carbonyl (C=O) groups is 1. The molecule has 1 aromatic rings. The van der Waals surface area contributed by atoms with Crippen molar-refractivity contribution in [1.29, 1.82) is 5.26 Å². The van der Waals surface area contributed by atoms with Gasteiger partial charge in [0, 0.05) is 39.3 Å². The summed E-state index contributed by atoms with van der Waals surface area (Å²) in [4.78, 5) is 18.1. The largest absolute Gasteiger partial charge is 0.368 e. The number of anilines is 1. The highest BCUT2D eigenvalue weighted by molar-refractivity contribution is 5.78. The van der Waals surface area contributed by atoms with Gasteiger partial charge >= 0.3 is 0 Å². The van der Waals surface area contributed by atoms with E-state index in [-0.39, 0.29) is 11.5 Å². The average molecular weight is 318 g/mol. The van der Waals surface area contributed by atoms with E-state index in [1.54, 1.807) is 12.1 Å². The molecule has 1 aromatic carbocycles. The summed E-state index contributed by atoms with van der Waals surface area (Å²) >= 11 is 0. The van der Waals surface area contributed by atoms with Gasteiger partial charge in [0.1, 0.15) is 17.4 Å². The van der Waals surface area contributed by atoms with E-state index in [1.807, 2.05) is 29.7 Å². The van der Waals surface area contributed by atoms with Crippen LogP contribution >= 0.6 is 0 Å². The maximum atomic E-state index is 13.7. The third-order valence-electron chi connectivity index (χ3n) is 4.29. The van der Waals surface area contributed by atoms with Crippen LogP contribution in [0.15, 0.2) is 18.2 Å². The monoisotopic (exact) mass is 318 g/mol. The van der Waals surface area contributed by atoms with Gasteiger partial charge in [0.05, 0.1) is 12.2 Å². The third-order valence-corrected chi connectivity index (χ3v) is 4.29. The van der Waals surface area contributed by atoms with Crippen molar-refractivity contribution in [2.75, 3.05) is 50.7 Å². The molecule has 0 spiro atoms. The van der Waals surface area contributed by atoms with E-state index in [1.165, 1.54) is 6.07 Å². The second-order valence-corrected chi connectivity index (χ2v) is 5.57. The van der Waals surface area contributed by atoms with E-state index in [9.17, 15) is 9.18 Å². The summed E-state index contributed by atoms with van der Waals surface area (Å²) in [6.45, 7) is 8.66. The van der Waals surface area contributed by atoms with Crippen molar-refractivity contribution in [2.45, 2.75) is 13.8 Å². The number of likely N-dealkylation sites (N-methyl/N-ethyl adjacent to an activating group) is 1. The Balaban J connectivity index is 1.96. The van der Waals surface area contributed by atoms with Crippen molar-refractivity contribution in [3.8, 4) is 6.07 Å². The van der Waals surface area contributed by atoms with Gasteiger partial charge in [-0.15, -0.1) is 0 Å². The van der Waals surface area contributed by atoms with Crippen LogP contribution in [0, 0.1) is 17.1 Å². The van der Waals surface area contributed by atoms with Crippen LogP contribution in [0.5, 0.6) is 0 Å². The van der Waals surface area contributed by atoms with Gasteiger partial charge in [0.25, 0.3) is 0 Å². The molecule has 1 aliphatic rings. The molecule has 1 saturated heterocycles. The standard InChI is InChI=1S/C17H23FN4O/c1-3-21(4-2)17(23)13-20-8-10-22(11-9-20)16-7-5-6-15(18)14(16)12-19/h5-7H,3-4,8-11,13H2,1-2H3. The van der Waals surface area contributed by atoms with Gasteiger partial charge in [-0.05, 0) is 26.0 Å². The zero-order chi connectivity index (χ0) is 16.8. The van der Waals surface area contributed by atoms with Crippen LogP contribution in [0.1, 0.15) is 19.4 Å². The molecular formula is C17H23FN4O. The third kappa shape index (κ3) is 3.99. The molecule has 1 amide bonds. The summed E-state index contributed by atoms with van der Waals surface area (Å²) < 4.78 is 13.7. The lowest BCUT2D eigenvalue weighted by Crippen LogP contribution is -2.50. The highest BCUT2D eigenvalue weighted by atomic mass is 19.1. The quantitative estimate of drug-likeness (QED) is 0.829. The van der Waals surface area contributed by atoms with E-state index in [2.05, 4.69) is 4.90 Å². The Kier molecular flexibility index (Phi) is 5.94. The lowest BCUT2D eigenvalue weighted by molar-refractivity contribution is -0.132. The topological polar surface area (TPSA) is 50.6 Å². The second kappa shape index (κ2) is 7.93. The van der Waals surface area contributed by atoms with Crippen molar-refractivity contribution >= 4 is 11.6 Å². The number of nitriles is 1. The average Bonchev–Trinajstić information content (AvgIpc) is 2.56. The number of hydrogen-bond acceptors (Lipinski definition) is 4. The number of halogens is 1. The lowest BCUT2D eigenvalue weighted by atomic mass is 10.1. The van der Waals surface area contributed by atoms with Gasteiger partial charge in [-0.2, -0.15) is 5.26 Å². The van der Waals surface area contributed by atoms with E-state index >= 15 is 0 Å². The molecule has 2 rings (SSSR count). The summed E-state index contributed by atoms with van der Waals surface area (Å²) in [6, 6.07) is 6.65. The Morgan fingerprint density at radius 2 is 1.91 bits per heavy atom. The first kappa shape index (κ1) is 17.2. The molecule has 0 aromatic heterocycles. The molecule has 0 N–H and O–H groups in total. The molecule has 0 atom stereocenters. The molecule has 0 saturated carbocycles. The van der Waals surface area contributed by atoms with Gasteiger partial charge in [-0.1, -0.05) is 6.07 Å². The minimum Gasteiger partial charge on any atom is -0.368 e. The normalized spacial score (nSPS) is 15.3.